The van der Waals surface area contributed by atoms with Crippen molar-refractivity contribution in [2.75, 3.05) is 7.11 Å². The Balaban J connectivity index is 2.57. The molecule has 0 radical (unpaired) electrons. The lowest BCUT2D eigenvalue weighted by molar-refractivity contribution is 0.215. The monoisotopic (exact) mass is 126 g/mol. The van der Waals surface area contributed by atoms with E-state index in [-0.39, 0.29) is 0 Å². The average Bonchev–Trinajstić information content (AvgIpc) is 2.34. The fourth-order valence-corrected chi connectivity index (χ4v) is 0.392. The van der Waals surface area contributed by atoms with E-state index in [1.54, 1.807) is 0 Å². The molecule has 0 aliphatic rings. The van der Waals surface area contributed by atoms with Gasteiger partial charge in [0.25, 0.3) is 0 Å². The predicted octanol–water partition coefficient (Wildman–Crippen LogP) is 0.655. The molecule has 0 N–H and O–H groups in total. The Bertz CT molecular complexity index is 181. The third-order valence-electron chi connectivity index (χ3n) is 0.742. The summed E-state index contributed by atoms with van der Waals surface area (Å²) in [6.07, 6.45) is 4.27. The van der Waals surface area contributed by atoms with E-state index in [1.165, 1.54) is 26.0 Å². The van der Waals surface area contributed by atoms with Gasteiger partial charge in [-0.25, -0.2) is 4.98 Å². The molecule has 4 heteroatoms. The maximum Gasteiger partial charge on any atom is 0.181 e. The zero-order valence-corrected chi connectivity index (χ0v) is 4.94. The molecule has 0 aromatic carbocycles. The van der Waals surface area contributed by atoms with Crippen LogP contribution in [-0.2, 0) is 4.84 Å². The van der Waals surface area contributed by atoms with Gasteiger partial charge in [0.15, 0.2) is 6.39 Å². The fraction of sp³-hybridized carbons (Fsp3) is 0.200. The number of hydrogen-bond donors (Lipinski definition) is 0. The first-order valence-electron chi connectivity index (χ1n) is 2.38. The van der Waals surface area contributed by atoms with Gasteiger partial charge in [-0.05, 0) is 0 Å². The Morgan fingerprint density at radius 1 is 1.89 bits per heavy atom. The molecular formula is C5H6N2O2. The molecule has 0 saturated carbocycles. The van der Waals surface area contributed by atoms with E-state index in [4.69, 9.17) is 0 Å². The van der Waals surface area contributed by atoms with Crippen molar-refractivity contribution in [3.8, 4) is 0 Å². The number of hydrogen-bond acceptors (Lipinski definition) is 4. The lowest BCUT2D eigenvalue weighted by Gasteiger charge is -1.80. The van der Waals surface area contributed by atoms with E-state index in [1.807, 2.05) is 0 Å². The molecule has 48 valence electrons. The molecule has 9 heavy (non-hydrogen) atoms. The molecule has 0 atom stereocenters. The lowest BCUT2D eigenvalue weighted by atomic mass is 10.5. The van der Waals surface area contributed by atoms with Crippen LogP contribution in [0.2, 0.25) is 0 Å². The predicted molar refractivity (Wildman–Crippen MR) is 31.1 cm³/mol. The smallest absolute Gasteiger partial charge is 0.181 e. The number of oxime groups is 1. The van der Waals surface area contributed by atoms with Crippen LogP contribution in [0.1, 0.15) is 5.69 Å². The van der Waals surface area contributed by atoms with Gasteiger partial charge in [0.2, 0.25) is 0 Å². The highest BCUT2D eigenvalue weighted by Gasteiger charge is 1.86. The molecule has 0 bridgehead atoms. The van der Waals surface area contributed by atoms with E-state index in [0.29, 0.717) is 5.69 Å². The van der Waals surface area contributed by atoms with E-state index >= 15 is 0 Å². The summed E-state index contributed by atoms with van der Waals surface area (Å²) in [6.45, 7) is 0. The number of rotatable bonds is 2. The fourth-order valence-electron chi connectivity index (χ4n) is 0.392. The molecule has 1 rings (SSSR count). The molecular weight excluding hydrogens is 120 g/mol. The van der Waals surface area contributed by atoms with Crippen molar-refractivity contribution in [3.05, 3.63) is 18.4 Å². The minimum Gasteiger partial charge on any atom is -0.451 e. The standard InChI is InChI=1S/C5H6N2O2/c1-8-7-2-5-3-9-4-6-5/h2-4H,1H3/b7-2+. The molecule has 4 nitrogen and oxygen atoms in total. The van der Waals surface area contributed by atoms with Crippen LogP contribution in [0.15, 0.2) is 22.2 Å². The van der Waals surface area contributed by atoms with Crippen LogP contribution in [0, 0.1) is 0 Å². The molecule has 1 aromatic rings. The SMILES string of the molecule is CO/N=C/c1cocn1. The van der Waals surface area contributed by atoms with Crippen LogP contribution in [0.25, 0.3) is 0 Å². The van der Waals surface area contributed by atoms with Gasteiger partial charge < -0.3 is 9.25 Å². The Morgan fingerprint density at radius 3 is 3.33 bits per heavy atom. The highest BCUT2D eigenvalue weighted by Crippen LogP contribution is 1.88. The largest absolute Gasteiger partial charge is 0.451 e. The summed E-state index contributed by atoms with van der Waals surface area (Å²) in [5.41, 5.74) is 0.650. The number of oxazole rings is 1. The number of aromatic nitrogens is 1. The van der Waals surface area contributed by atoms with Gasteiger partial charge in [0.1, 0.15) is 19.1 Å². The minimum atomic E-state index is 0.650. The van der Waals surface area contributed by atoms with Crippen molar-refractivity contribution < 1.29 is 9.25 Å². The first-order chi connectivity index (χ1) is 4.43. The summed E-state index contributed by atoms with van der Waals surface area (Å²) in [6, 6.07) is 0. The van der Waals surface area contributed by atoms with E-state index < -0.39 is 0 Å². The highest BCUT2D eigenvalue weighted by atomic mass is 16.6. The van der Waals surface area contributed by atoms with Gasteiger partial charge in [-0.1, -0.05) is 5.16 Å². The zero-order chi connectivity index (χ0) is 6.53. The second-order valence-electron chi connectivity index (χ2n) is 1.33. The van der Waals surface area contributed by atoms with Gasteiger partial charge in [-0.2, -0.15) is 0 Å². The van der Waals surface area contributed by atoms with Gasteiger partial charge >= 0.3 is 0 Å². The molecule has 0 amide bonds. The van der Waals surface area contributed by atoms with Crippen LogP contribution in [-0.4, -0.2) is 18.3 Å². The number of nitrogens with zero attached hydrogens (tertiary/aromatic N) is 2. The van der Waals surface area contributed by atoms with E-state index in [2.05, 4.69) is 19.4 Å². The summed E-state index contributed by atoms with van der Waals surface area (Å²) in [5.74, 6) is 0. The van der Waals surface area contributed by atoms with Crippen molar-refractivity contribution in [1.82, 2.24) is 4.98 Å². The van der Waals surface area contributed by atoms with Gasteiger partial charge in [-0.3, -0.25) is 0 Å². The van der Waals surface area contributed by atoms with Crippen molar-refractivity contribution in [3.63, 3.8) is 0 Å². The lowest BCUT2D eigenvalue weighted by Crippen LogP contribution is -1.78. The van der Waals surface area contributed by atoms with Crippen molar-refractivity contribution in [1.29, 1.82) is 0 Å². The maximum atomic E-state index is 4.65. The molecule has 0 spiro atoms. The van der Waals surface area contributed by atoms with Crippen LogP contribution in [0.3, 0.4) is 0 Å². The van der Waals surface area contributed by atoms with Gasteiger partial charge in [0.05, 0.1) is 6.21 Å². The molecule has 0 saturated heterocycles. The van der Waals surface area contributed by atoms with Crippen LogP contribution < -0.4 is 0 Å². The third-order valence-corrected chi connectivity index (χ3v) is 0.742. The van der Waals surface area contributed by atoms with E-state index in [9.17, 15) is 0 Å². The van der Waals surface area contributed by atoms with Crippen LogP contribution >= 0.6 is 0 Å². The molecule has 1 aromatic heterocycles. The summed E-state index contributed by atoms with van der Waals surface area (Å²) in [4.78, 5) is 8.16. The Kier molecular flexibility index (Phi) is 1.85. The molecule has 0 fully saturated rings. The Labute approximate surface area is 52.1 Å². The average molecular weight is 126 g/mol. The van der Waals surface area contributed by atoms with Crippen molar-refractivity contribution in [2.45, 2.75) is 0 Å². The van der Waals surface area contributed by atoms with E-state index in [0.717, 1.165) is 0 Å². The molecule has 0 aliphatic carbocycles. The summed E-state index contributed by atoms with van der Waals surface area (Å²) < 4.78 is 4.65. The molecule has 0 unspecified atom stereocenters. The third kappa shape index (κ3) is 1.56. The second-order valence-corrected chi connectivity index (χ2v) is 1.33. The van der Waals surface area contributed by atoms with Crippen molar-refractivity contribution >= 4 is 6.21 Å². The van der Waals surface area contributed by atoms with Gasteiger partial charge in [-0.15, -0.1) is 0 Å². The first-order valence-corrected chi connectivity index (χ1v) is 2.38. The normalized spacial score (nSPS) is 10.3. The second kappa shape index (κ2) is 2.86. The highest BCUT2D eigenvalue weighted by molar-refractivity contribution is 5.75. The summed E-state index contributed by atoms with van der Waals surface area (Å²) in [7, 11) is 1.47. The summed E-state index contributed by atoms with van der Waals surface area (Å²) >= 11 is 0. The topological polar surface area (TPSA) is 47.6 Å². The van der Waals surface area contributed by atoms with Crippen LogP contribution in [0.5, 0.6) is 0 Å². The first kappa shape index (κ1) is 5.81. The van der Waals surface area contributed by atoms with Gasteiger partial charge in [0, 0.05) is 0 Å². The maximum absolute atomic E-state index is 4.65. The minimum absolute atomic E-state index is 0.650. The summed E-state index contributed by atoms with van der Waals surface area (Å²) in [5, 5.41) is 3.47. The quantitative estimate of drug-likeness (QED) is 0.432. The van der Waals surface area contributed by atoms with Crippen LogP contribution in [0.4, 0.5) is 0 Å². The molecule has 0 aliphatic heterocycles. The molecule has 1 heterocycles. The Hall–Kier alpha value is -1.32. The zero-order valence-electron chi connectivity index (χ0n) is 4.94. The van der Waals surface area contributed by atoms with Crippen molar-refractivity contribution in [2.24, 2.45) is 5.16 Å². The Morgan fingerprint density at radius 2 is 2.78 bits per heavy atom.